The van der Waals surface area contributed by atoms with Crippen LogP contribution in [0.3, 0.4) is 0 Å². The highest BCUT2D eigenvalue weighted by Gasteiger charge is 2.78. The molecule has 4 N–H and O–H groups in total. The zero-order chi connectivity index (χ0) is 46.4. The first-order chi connectivity index (χ1) is 28.8. The van der Waals surface area contributed by atoms with Gasteiger partial charge in [0.2, 0.25) is 5.91 Å². The molecule has 2 saturated carbocycles. The Morgan fingerprint density at radius 1 is 0.935 bits per heavy atom. The van der Waals surface area contributed by atoms with Gasteiger partial charge in [0.05, 0.1) is 44.3 Å². The molecule has 17 nitrogen and oxygen atoms in total. The standard InChI is InChI=1S/C45H59NO16/c1-21(2)15-28(46-33(50)16-22(3)4)35(51)41(54)60-30-19-45(55)39(61-40(53)27-17-26(56-11)13-14-29(27)57-12)37-43(10,31(49)18-32-44(37,20-58-32)62-25(7)48)38(52)36(59-24(6)47)34(23(30)5)42(45,8)9/h13-17,28,30-32,35-37,39,49,51,55H,18-20H2,1-12H3,(H,46,50)/t28-,30-,31-,32+,35+,36+,37?,39-,43+,44-,45+/m0/s1. The van der Waals surface area contributed by atoms with Crippen LogP contribution in [0.25, 0.3) is 0 Å². The van der Waals surface area contributed by atoms with E-state index < -0.39 is 113 Å². The third-order valence-corrected chi connectivity index (χ3v) is 12.9. The van der Waals surface area contributed by atoms with Crippen molar-refractivity contribution in [3.8, 4) is 11.5 Å². The molecule has 1 aliphatic heterocycles. The number of carbonyl (C=O) groups excluding carboxylic acids is 6. The van der Waals surface area contributed by atoms with E-state index in [1.54, 1.807) is 33.8 Å². The summed E-state index contributed by atoms with van der Waals surface area (Å²) in [5, 5.41) is 39.9. The molecule has 3 aliphatic carbocycles. The Kier molecular flexibility index (Phi) is 13.6. The minimum Gasteiger partial charge on any atom is -0.497 e. The zero-order valence-electron chi connectivity index (χ0n) is 37.3. The van der Waals surface area contributed by atoms with Crippen LogP contribution in [0.15, 0.2) is 52.6 Å². The Hall–Kier alpha value is -5.10. The van der Waals surface area contributed by atoms with Gasteiger partial charge < -0.3 is 53.8 Å². The Balaban J connectivity index is 1.79. The Morgan fingerprint density at radius 3 is 2.13 bits per heavy atom. The number of benzene rings is 1. The maximum atomic E-state index is 15.5. The maximum absolute atomic E-state index is 15.5. The fourth-order valence-electron chi connectivity index (χ4n) is 9.81. The summed E-state index contributed by atoms with van der Waals surface area (Å²) >= 11 is 0. The average Bonchev–Trinajstić information content (AvgIpc) is 3.17. The van der Waals surface area contributed by atoms with Crippen molar-refractivity contribution in [2.75, 3.05) is 20.8 Å². The van der Waals surface area contributed by atoms with E-state index >= 15 is 4.79 Å². The number of carbonyl (C=O) groups is 6. The molecule has 2 bridgehead atoms. The van der Waals surface area contributed by atoms with Crippen molar-refractivity contribution in [2.24, 2.45) is 16.7 Å². The molecule has 1 saturated heterocycles. The number of allylic oxidation sites excluding steroid dienone is 2. The van der Waals surface area contributed by atoms with Gasteiger partial charge in [-0.2, -0.15) is 0 Å². The molecule has 0 aromatic heterocycles. The molecule has 0 radical (unpaired) electrons. The summed E-state index contributed by atoms with van der Waals surface area (Å²) in [4.78, 5) is 83.1. The van der Waals surface area contributed by atoms with E-state index in [0.29, 0.717) is 11.1 Å². The van der Waals surface area contributed by atoms with Gasteiger partial charge in [0, 0.05) is 38.2 Å². The lowest BCUT2D eigenvalue weighted by Crippen LogP contribution is -2.82. The number of aliphatic hydroxyl groups is 3. The van der Waals surface area contributed by atoms with Gasteiger partial charge in [0.25, 0.3) is 0 Å². The largest absolute Gasteiger partial charge is 0.497 e. The summed E-state index contributed by atoms with van der Waals surface area (Å²) in [7, 11) is 2.70. The number of Topliss-reactive ketones (excluding diaryl/α,β-unsaturated/α-hetero) is 1. The number of esters is 4. The van der Waals surface area contributed by atoms with Crippen LogP contribution in [0.5, 0.6) is 11.5 Å². The second-order valence-corrected chi connectivity index (χ2v) is 17.8. The molecule has 3 fully saturated rings. The number of rotatable bonds is 12. The minimum atomic E-state index is -2.45. The number of nitrogens with one attached hydrogen (secondary N) is 1. The van der Waals surface area contributed by atoms with Crippen molar-refractivity contribution >= 4 is 35.6 Å². The van der Waals surface area contributed by atoms with Gasteiger partial charge in [-0.05, 0) is 70.9 Å². The number of hydrogen-bond donors (Lipinski definition) is 4. The molecular weight excluding hydrogens is 810 g/mol. The van der Waals surface area contributed by atoms with E-state index in [0.717, 1.165) is 13.8 Å². The molecule has 340 valence electrons. The summed E-state index contributed by atoms with van der Waals surface area (Å²) in [6, 6.07) is 3.07. The highest BCUT2D eigenvalue weighted by molar-refractivity contribution is 5.96. The monoisotopic (exact) mass is 869 g/mol. The van der Waals surface area contributed by atoms with Gasteiger partial charge in [0.15, 0.2) is 23.6 Å². The summed E-state index contributed by atoms with van der Waals surface area (Å²) in [5.74, 6) is -6.84. The van der Waals surface area contributed by atoms with Crippen molar-refractivity contribution < 1.29 is 77.2 Å². The Labute approximate surface area is 360 Å². The summed E-state index contributed by atoms with van der Waals surface area (Å²) in [6.45, 7) is 14.6. The number of amides is 1. The lowest BCUT2D eigenvalue weighted by atomic mass is 9.44. The van der Waals surface area contributed by atoms with E-state index in [9.17, 15) is 39.3 Å². The first kappa shape index (κ1) is 47.9. The molecule has 1 aromatic carbocycles. The zero-order valence-corrected chi connectivity index (χ0v) is 37.3. The lowest BCUT2D eigenvalue weighted by molar-refractivity contribution is -0.346. The van der Waals surface area contributed by atoms with Crippen molar-refractivity contribution in [3.63, 3.8) is 0 Å². The molecule has 1 amide bonds. The van der Waals surface area contributed by atoms with Crippen LogP contribution >= 0.6 is 0 Å². The summed E-state index contributed by atoms with van der Waals surface area (Å²) < 4.78 is 41.1. The van der Waals surface area contributed by atoms with Crippen molar-refractivity contribution in [2.45, 2.75) is 136 Å². The molecule has 1 unspecified atom stereocenters. The maximum Gasteiger partial charge on any atom is 0.342 e. The molecule has 1 heterocycles. The second kappa shape index (κ2) is 17.6. The highest BCUT2D eigenvalue weighted by atomic mass is 16.6. The smallest absolute Gasteiger partial charge is 0.342 e. The van der Waals surface area contributed by atoms with Gasteiger partial charge in [-0.3, -0.25) is 19.2 Å². The Morgan fingerprint density at radius 2 is 1.60 bits per heavy atom. The molecular formula is C45H59NO16. The fraction of sp³-hybridized carbons (Fsp3) is 0.600. The summed E-state index contributed by atoms with van der Waals surface area (Å²) in [6.07, 6.45) is -7.99. The van der Waals surface area contributed by atoms with Crippen molar-refractivity contribution in [1.82, 2.24) is 5.32 Å². The fourth-order valence-corrected chi connectivity index (χ4v) is 9.81. The normalized spacial score (nSPS) is 31.7. The van der Waals surface area contributed by atoms with Crippen LogP contribution < -0.4 is 14.8 Å². The van der Waals surface area contributed by atoms with Gasteiger partial charge >= 0.3 is 23.9 Å². The molecule has 1 aromatic rings. The van der Waals surface area contributed by atoms with Crippen LogP contribution in [0.4, 0.5) is 0 Å². The Bertz CT molecular complexity index is 2100. The predicted octanol–water partition coefficient (Wildman–Crippen LogP) is 3.00. The number of hydrogen-bond acceptors (Lipinski definition) is 16. The van der Waals surface area contributed by atoms with Crippen LogP contribution in [0.2, 0.25) is 0 Å². The van der Waals surface area contributed by atoms with Crippen LogP contribution in [0.1, 0.15) is 92.4 Å². The molecule has 5 rings (SSSR count). The van der Waals surface area contributed by atoms with E-state index in [2.05, 4.69) is 5.32 Å². The third-order valence-electron chi connectivity index (χ3n) is 12.9. The van der Waals surface area contributed by atoms with Crippen LogP contribution in [-0.4, -0.2) is 126 Å². The lowest BCUT2D eigenvalue weighted by Gasteiger charge is -2.67. The van der Waals surface area contributed by atoms with E-state index in [4.69, 9.17) is 33.2 Å². The topological polar surface area (TPSA) is 240 Å². The first-order valence-corrected chi connectivity index (χ1v) is 20.4. The predicted molar refractivity (Wildman–Crippen MR) is 218 cm³/mol. The first-order valence-electron chi connectivity index (χ1n) is 20.4. The van der Waals surface area contributed by atoms with Crippen LogP contribution in [-0.2, 0) is 47.7 Å². The number of aliphatic hydroxyl groups excluding tert-OH is 2. The number of methoxy groups -OCH3 is 2. The van der Waals surface area contributed by atoms with Crippen molar-refractivity contribution in [1.29, 1.82) is 0 Å². The second-order valence-electron chi connectivity index (χ2n) is 17.8. The molecule has 0 spiro atoms. The average molecular weight is 870 g/mol. The molecule has 62 heavy (non-hydrogen) atoms. The third kappa shape index (κ3) is 8.27. The van der Waals surface area contributed by atoms with Crippen molar-refractivity contribution in [3.05, 3.63) is 58.2 Å². The summed E-state index contributed by atoms with van der Waals surface area (Å²) in [5.41, 5.74) is -6.83. The van der Waals surface area contributed by atoms with E-state index in [-0.39, 0.29) is 41.2 Å². The van der Waals surface area contributed by atoms with Gasteiger partial charge in [-0.15, -0.1) is 0 Å². The minimum absolute atomic E-state index is 0.0307. The molecule has 4 aliphatic rings. The number of ether oxygens (including phenoxy) is 7. The number of ketones is 1. The van der Waals surface area contributed by atoms with E-state index in [1.807, 2.05) is 0 Å². The number of fused-ring (bicyclic) bond motifs is 5. The molecule has 17 heteroatoms. The van der Waals surface area contributed by atoms with Crippen LogP contribution in [0, 0.1) is 16.7 Å². The van der Waals surface area contributed by atoms with Gasteiger partial charge in [-0.25, -0.2) is 9.59 Å². The van der Waals surface area contributed by atoms with Gasteiger partial charge in [-0.1, -0.05) is 31.1 Å². The quantitative estimate of drug-likeness (QED) is 0.102. The SMILES string of the molecule is COc1ccc(OC)c(C(=O)O[C@H]2C3[C@](C)(C(=O)[C@H](OC(C)=O)C4=C(C)[C@@H](OC(=O)[C@H](O)[C@H](C=C(C)C)NC(=O)C=C(C)C)C[C@]2(O)C4(C)C)[C@@H](O)C[C@H]2OC[C@@]32OC(C)=O)c1. The highest BCUT2D eigenvalue weighted by Crippen LogP contribution is 2.64. The van der Waals surface area contributed by atoms with E-state index in [1.165, 1.54) is 66.2 Å². The van der Waals surface area contributed by atoms with Gasteiger partial charge in [0.1, 0.15) is 41.0 Å². The molecule has 11 atom stereocenters.